The van der Waals surface area contributed by atoms with Gasteiger partial charge in [-0.25, -0.2) is 4.98 Å². The van der Waals surface area contributed by atoms with Gasteiger partial charge in [-0.1, -0.05) is 19.1 Å². The second-order valence-electron chi connectivity index (χ2n) is 4.46. The quantitative estimate of drug-likeness (QED) is 0.851. The standard InChI is InChI=1S/C14H17N3/c1-2-11-4-3-5-12(8-11)17-10-16-13-9-15-7-6-14(13)17/h3-5,8,10,15H,2,6-7,9H2,1H3. The van der Waals surface area contributed by atoms with Gasteiger partial charge in [0.05, 0.1) is 12.0 Å². The third kappa shape index (κ3) is 1.87. The summed E-state index contributed by atoms with van der Waals surface area (Å²) in [6, 6.07) is 8.71. The molecule has 3 nitrogen and oxygen atoms in total. The van der Waals surface area contributed by atoms with Crippen LogP contribution in [0.4, 0.5) is 0 Å². The fourth-order valence-corrected chi connectivity index (χ4v) is 2.39. The molecular weight excluding hydrogens is 210 g/mol. The topological polar surface area (TPSA) is 29.9 Å². The average molecular weight is 227 g/mol. The second-order valence-corrected chi connectivity index (χ2v) is 4.46. The lowest BCUT2D eigenvalue weighted by Crippen LogP contribution is -2.24. The Kier molecular flexibility index (Phi) is 2.69. The van der Waals surface area contributed by atoms with E-state index in [1.54, 1.807) is 0 Å². The van der Waals surface area contributed by atoms with Crippen LogP contribution in [-0.4, -0.2) is 16.1 Å². The molecule has 0 atom stereocenters. The maximum atomic E-state index is 4.49. The lowest BCUT2D eigenvalue weighted by atomic mass is 10.1. The average Bonchev–Trinajstić information content (AvgIpc) is 2.82. The number of aromatic nitrogens is 2. The summed E-state index contributed by atoms with van der Waals surface area (Å²) in [6.07, 6.45) is 4.09. The summed E-state index contributed by atoms with van der Waals surface area (Å²) in [6.45, 7) is 4.13. The van der Waals surface area contributed by atoms with Crippen LogP contribution >= 0.6 is 0 Å². The van der Waals surface area contributed by atoms with E-state index in [9.17, 15) is 0 Å². The Morgan fingerprint density at radius 2 is 2.35 bits per heavy atom. The normalized spacial score (nSPS) is 14.6. The molecule has 1 aromatic heterocycles. The van der Waals surface area contributed by atoms with E-state index < -0.39 is 0 Å². The summed E-state index contributed by atoms with van der Waals surface area (Å²) in [5.41, 5.74) is 5.16. The number of aryl methyl sites for hydroxylation is 1. The van der Waals surface area contributed by atoms with Crippen molar-refractivity contribution in [2.24, 2.45) is 0 Å². The molecule has 2 aromatic rings. The van der Waals surface area contributed by atoms with Gasteiger partial charge in [0, 0.05) is 30.9 Å². The summed E-state index contributed by atoms with van der Waals surface area (Å²) in [4.78, 5) is 4.49. The van der Waals surface area contributed by atoms with E-state index in [1.165, 1.54) is 22.6 Å². The number of imidazole rings is 1. The van der Waals surface area contributed by atoms with E-state index in [1.807, 2.05) is 6.33 Å². The molecule has 0 amide bonds. The molecule has 0 saturated heterocycles. The maximum Gasteiger partial charge on any atom is 0.0998 e. The molecule has 88 valence electrons. The third-order valence-electron chi connectivity index (χ3n) is 3.38. The zero-order valence-corrected chi connectivity index (χ0v) is 10.1. The fourth-order valence-electron chi connectivity index (χ4n) is 2.39. The molecule has 1 aliphatic heterocycles. The number of benzene rings is 1. The number of hydrogen-bond acceptors (Lipinski definition) is 2. The van der Waals surface area contributed by atoms with Gasteiger partial charge >= 0.3 is 0 Å². The summed E-state index contributed by atoms with van der Waals surface area (Å²) < 4.78 is 2.23. The summed E-state index contributed by atoms with van der Waals surface area (Å²) in [5, 5.41) is 3.35. The van der Waals surface area contributed by atoms with Crippen molar-refractivity contribution in [1.82, 2.24) is 14.9 Å². The number of rotatable bonds is 2. The van der Waals surface area contributed by atoms with E-state index in [4.69, 9.17) is 0 Å². The van der Waals surface area contributed by atoms with E-state index in [2.05, 4.69) is 46.1 Å². The number of nitrogens with zero attached hydrogens (tertiary/aromatic N) is 2. The Hall–Kier alpha value is -1.61. The lowest BCUT2D eigenvalue weighted by Gasteiger charge is -2.15. The minimum atomic E-state index is 0.899. The Labute approximate surface area is 101 Å². The minimum absolute atomic E-state index is 0.899. The van der Waals surface area contributed by atoms with Crippen LogP contribution in [0, 0.1) is 0 Å². The minimum Gasteiger partial charge on any atom is -0.311 e. The van der Waals surface area contributed by atoms with Crippen molar-refractivity contribution in [2.45, 2.75) is 26.3 Å². The summed E-state index contributed by atoms with van der Waals surface area (Å²) >= 11 is 0. The highest BCUT2D eigenvalue weighted by atomic mass is 15.1. The molecule has 0 aliphatic carbocycles. The second kappa shape index (κ2) is 4.34. The van der Waals surface area contributed by atoms with E-state index in [0.29, 0.717) is 0 Å². The van der Waals surface area contributed by atoms with Crippen molar-refractivity contribution in [2.75, 3.05) is 6.54 Å². The molecular formula is C14H17N3. The van der Waals surface area contributed by atoms with Crippen molar-refractivity contribution in [3.05, 3.63) is 47.5 Å². The van der Waals surface area contributed by atoms with Crippen LogP contribution in [0.1, 0.15) is 23.9 Å². The smallest absolute Gasteiger partial charge is 0.0998 e. The molecule has 1 aliphatic rings. The van der Waals surface area contributed by atoms with Crippen LogP contribution in [0.25, 0.3) is 5.69 Å². The highest BCUT2D eigenvalue weighted by Crippen LogP contribution is 2.18. The molecule has 17 heavy (non-hydrogen) atoms. The SMILES string of the molecule is CCc1cccc(-n2cnc3c2CCNC3)c1. The Balaban J connectivity index is 2.05. The Morgan fingerprint density at radius 1 is 1.41 bits per heavy atom. The molecule has 0 spiro atoms. The van der Waals surface area contributed by atoms with Crippen LogP contribution in [0.2, 0.25) is 0 Å². The van der Waals surface area contributed by atoms with Crippen LogP contribution in [0.15, 0.2) is 30.6 Å². The monoisotopic (exact) mass is 227 g/mol. The molecule has 3 heteroatoms. The van der Waals surface area contributed by atoms with Gasteiger partial charge in [-0.2, -0.15) is 0 Å². The largest absolute Gasteiger partial charge is 0.311 e. The third-order valence-corrected chi connectivity index (χ3v) is 3.38. The number of fused-ring (bicyclic) bond motifs is 1. The van der Waals surface area contributed by atoms with E-state index in [0.717, 1.165) is 25.9 Å². The van der Waals surface area contributed by atoms with Gasteiger partial charge in [0.1, 0.15) is 0 Å². The van der Waals surface area contributed by atoms with Crippen LogP contribution < -0.4 is 5.32 Å². The number of nitrogens with one attached hydrogen (secondary N) is 1. The van der Waals surface area contributed by atoms with Crippen molar-refractivity contribution in [1.29, 1.82) is 0 Å². The molecule has 0 saturated carbocycles. The molecule has 0 fully saturated rings. The molecule has 0 bridgehead atoms. The van der Waals surface area contributed by atoms with Crippen molar-refractivity contribution < 1.29 is 0 Å². The van der Waals surface area contributed by atoms with Gasteiger partial charge in [0.25, 0.3) is 0 Å². The predicted octanol–water partition coefficient (Wildman–Crippen LogP) is 2.08. The zero-order valence-electron chi connectivity index (χ0n) is 10.1. The van der Waals surface area contributed by atoms with Crippen LogP contribution in [0.5, 0.6) is 0 Å². The van der Waals surface area contributed by atoms with Crippen LogP contribution in [0.3, 0.4) is 0 Å². The van der Waals surface area contributed by atoms with Gasteiger partial charge in [0.2, 0.25) is 0 Å². The first-order valence-electron chi connectivity index (χ1n) is 6.23. The van der Waals surface area contributed by atoms with E-state index in [-0.39, 0.29) is 0 Å². The van der Waals surface area contributed by atoms with Crippen molar-refractivity contribution >= 4 is 0 Å². The highest BCUT2D eigenvalue weighted by molar-refractivity contribution is 5.39. The van der Waals surface area contributed by atoms with Gasteiger partial charge < -0.3 is 9.88 Å². The molecule has 1 aromatic carbocycles. The fraction of sp³-hybridized carbons (Fsp3) is 0.357. The first-order valence-corrected chi connectivity index (χ1v) is 6.23. The number of hydrogen-bond donors (Lipinski definition) is 1. The highest BCUT2D eigenvalue weighted by Gasteiger charge is 2.15. The Morgan fingerprint density at radius 3 is 3.24 bits per heavy atom. The van der Waals surface area contributed by atoms with Gasteiger partial charge in [0.15, 0.2) is 0 Å². The summed E-state index contributed by atoms with van der Waals surface area (Å²) in [5.74, 6) is 0. The molecule has 0 radical (unpaired) electrons. The van der Waals surface area contributed by atoms with E-state index >= 15 is 0 Å². The Bertz CT molecular complexity index is 528. The van der Waals surface area contributed by atoms with Crippen LogP contribution in [-0.2, 0) is 19.4 Å². The predicted molar refractivity (Wildman–Crippen MR) is 68.4 cm³/mol. The summed E-state index contributed by atoms with van der Waals surface area (Å²) in [7, 11) is 0. The van der Waals surface area contributed by atoms with Gasteiger partial charge in [-0.05, 0) is 24.1 Å². The molecule has 1 N–H and O–H groups in total. The zero-order chi connectivity index (χ0) is 11.7. The first-order chi connectivity index (χ1) is 8.38. The molecule has 3 rings (SSSR count). The van der Waals surface area contributed by atoms with Crippen molar-refractivity contribution in [3.63, 3.8) is 0 Å². The van der Waals surface area contributed by atoms with Crippen molar-refractivity contribution in [3.8, 4) is 5.69 Å². The molecule has 2 heterocycles. The lowest BCUT2D eigenvalue weighted by molar-refractivity contribution is 0.620. The van der Waals surface area contributed by atoms with Gasteiger partial charge in [-0.15, -0.1) is 0 Å². The van der Waals surface area contributed by atoms with Gasteiger partial charge in [-0.3, -0.25) is 0 Å². The first kappa shape index (κ1) is 10.5. The maximum absolute atomic E-state index is 4.49. The molecule has 0 unspecified atom stereocenters.